The van der Waals surface area contributed by atoms with Gasteiger partial charge in [-0.3, -0.25) is 0 Å². The van der Waals surface area contributed by atoms with Gasteiger partial charge in [0.25, 0.3) is 8.20 Å². The summed E-state index contributed by atoms with van der Waals surface area (Å²) in [6, 6.07) is 0.921. The van der Waals surface area contributed by atoms with Crippen LogP contribution in [-0.2, 0) is 12.7 Å². The Balaban J connectivity index is 4.61. The first-order valence-electron chi connectivity index (χ1n) is 7.74. The molecule has 1 unspecified atom stereocenters. The summed E-state index contributed by atoms with van der Waals surface area (Å²) in [5.74, 6) is 0. The van der Waals surface area contributed by atoms with Crippen molar-refractivity contribution in [3.8, 4) is 0 Å². The lowest BCUT2D eigenvalue weighted by Gasteiger charge is -2.37. The van der Waals surface area contributed by atoms with Crippen LogP contribution in [0.3, 0.4) is 0 Å². The summed E-state index contributed by atoms with van der Waals surface area (Å²) < 4.78 is 25.0. The van der Waals surface area contributed by atoms with E-state index in [9.17, 15) is 4.46 Å². The first-order chi connectivity index (χ1) is 9.42. The van der Waals surface area contributed by atoms with E-state index in [-0.39, 0.29) is 0 Å². The molecule has 0 fully saturated rings. The summed E-state index contributed by atoms with van der Waals surface area (Å²) in [6.07, 6.45) is 0.990. The second-order valence-electron chi connectivity index (χ2n) is 7.15. The Hall–Kier alpha value is 0.508. The molecule has 9 heteroatoms. The first-order valence-corrected chi connectivity index (χ1v) is 19.5. The molecule has 1 atom stereocenters. The van der Waals surface area contributed by atoms with Gasteiger partial charge in [-0.15, -0.1) is 0 Å². The fourth-order valence-corrected chi connectivity index (χ4v) is 20.4. The highest BCUT2D eigenvalue weighted by Gasteiger charge is 2.44. The van der Waals surface area contributed by atoms with E-state index in [1.54, 1.807) is 0 Å². The molecule has 126 valence electrons. The minimum Gasteiger partial charge on any atom is -0.437 e. The topological polar surface area (TPSA) is 73.6 Å². The second-order valence-corrected chi connectivity index (χ2v) is 25.2. The van der Waals surface area contributed by atoms with Gasteiger partial charge in [0.15, 0.2) is 8.32 Å². The van der Waals surface area contributed by atoms with Gasteiger partial charge in [-0.25, -0.2) is 0 Å². The largest absolute Gasteiger partial charge is 0.437 e. The molecular formula is C12H34N2O3Si4. The summed E-state index contributed by atoms with van der Waals surface area (Å²) in [6.45, 7) is 17.1. The lowest BCUT2D eigenvalue weighted by molar-refractivity contribution is 0.393. The smallest absolute Gasteiger partial charge is 0.311 e. The minimum absolute atomic E-state index is 0.652. The molecule has 0 bridgehead atoms. The van der Waals surface area contributed by atoms with E-state index in [0.717, 1.165) is 25.6 Å². The lowest BCUT2D eigenvalue weighted by Crippen LogP contribution is -2.56. The molecule has 3 N–H and O–H groups in total. The van der Waals surface area contributed by atoms with Crippen LogP contribution in [0.25, 0.3) is 0 Å². The zero-order valence-electron chi connectivity index (χ0n) is 14.8. The Labute approximate surface area is 134 Å². The maximum atomic E-state index is 12.3. The maximum Gasteiger partial charge on any atom is 0.311 e. The molecule has 0 spiro atoms. The molecule has 5 nitrogen and oxygen atoms in total. The van der Waals surface area contributed by atoms with E-state index in [1.165, 1.54) is 0 Å². The summed E-state index contributed by atoms with van der Waals surface area (Å²) in [7, 11) is -7.69. The molecule has 21 heavy (non-hydrogen) atoms. The Morgan fingerprint density at radius 1 is 1.05 bits per heavy atom. The Kier molecular flexibility index (Phi) is 9.18. The fraction of sp³-hybridized carbons (Fsp3) is 1.00. The quantitative estimate of drug-likeness (QED) is 0.433. The third-order valence-electron chi connectivity index (χ3n) is 3.10. The predicted molar refractivity (Wildman–Crippen MR) is 98.3 cm³/mol. The van der Waals surface area contributed by atoms with Gasteiger partial charge in [0, 0.05) is 13.1 Å². The monoisotopic (exact) mass is 366 g/mol. The van der Waals surface area contributed by atoms with Crippen molar-refractivity contribution in [2.24, 2.45) is 5.73 Å². The third-order valence-corrected chi connectivity index (χ3v) is 20.2. The minimum atomic E-state index is -2.20. The molecular weight excluding hydrogens is 332 g/mol. The van der Waals surface area contributed by atoms with E-state index in [1.807, 2.05) is 6.55 Å². The SMILES string of the molecule is C[Si](=O)[Si](C)(CCCNCCN)O[Si](C)(C)O[Si](C)(C)C. The average molecular weight is 367 g/mol. The normalized spacial score (nSPS) is 15.8. The van der Waals surface area contributed by atoms with Crippen LogP contribution < -0.4 is 11.1 Å². The summed E-state index contributed by atoms with van der Waals surface area (Å²) in [5.41, 5.74) is 5.46. The van der Waals surface area contributed by atoms with Crippen LogP contribution in [0.5, 0.6) is 0 Å². The van der Waals surface area contributed by atoms with Crippen molar-refractivity contribution in [2.75, 3.05) is 19.6 Å². The van der Waals surface area contributed by atoms with Gasteiger partial charge >= 0.3 is 8.56 Å². The van der Waals surface area contributed by atoms with Crippen molar-refractivity contribution in [2.45, 2.75) is 58.3 Å². The molecule has 0 aliphatic heterocycles. The van der Waals surface area contributed by atoms with Crippen LogP contribution in [0.4, 0.5) is 0 Å². The number of nitrogens with one attached hydrogen (secondary N) is 1. The van der Waals surface area contributed by atoms with Gasteiger partial charge in [0.2, 0.25) is 7.83 Å². The highest BCUT2D eigenvalue weighted by atomic mass is 29.2. The van der Waals surface area contributed by atoms with Crippen molar-refractivity contribution >= 4 is 32.9 Å². The molecule has 0 amide bonds. The molecule has 0 aliphatic rings. The highest BCUT2D eigenvalue weighted by Crippen LogP contribution is 2.24. The molecule has 0 saturated heterocycles. The standard InChI is InChI=1S/C12H34N2O3Si4/c1-18(15)21(7,12-8-10-14-11-9-13)17-20(5,6)16-19(2,3)4/h14H,8-13H2,1-7H3. The van der Waals surface area contributed by atoms with E-state index in [0.29, 0.717) is 6.54 Å². The second kappa shape index (κ2) is 8.96. The summed E-state index contributed by atoms with van der Waals surface area (Å²) >= 11 is 0. The van der Waals surface area contributed by atoms with Crippen LogP contribution in [0, 0.1) is 0 Å². The Morgan fingerprint density at radius 3 is 2.05 bits per heavy atom. The first kappa shape index (κ1) is 21.5. The molecule has 0 aliphatic carbocycles. The van der Waals surface area contributed by atoms with Crippen LogP contribution in [0.1, 0.15) is 6.42 Å². The van der Waals surface area contributed by atoms with Gasteiger partial charge < -0.3 is 23.7 Å². The summed E-state index contributed by atoms with van der Waals surface area (Å²) in [5, 5.41) is 3.29. The predicted octanol–water partition coefficient (Wildman–Crippen LogP) is 2.20. The zero-order chi connectivity index (χ0) is 16.7. The average Bonchev–Trinajstić information content (AvgIpc) is 2.24. The van der Waals surface area contributed by atoms with Gasteiger partial charge in [-0.2, -0.15) is 0 Å². The van der Waals surface area contributed by atoms with Crippen molar-refractivity contribution in [3.63, 3.8) is 0 Å². The molecule has 0 heterocycles. The van der Waals surface area contributed by atoms with Gasteiger partial charge in [0.1, 0.15) is 0 Å². The van der Waals surface area contributed by atoms with Gasteiger partial charge in [0.05, 0.1) is 0 Å². The fourth-order valence-electron chi connectivity index (χ4n) is 2.38. The Morgan fingerprint density at radius 2 is 1.62 bits per heavy atom. The van der Waals surface area contributed by atoms with E-state index in [2.05, 4.69) is 44.6 Å². The van der Waals surface area contributed by atoms with E-state index in [4.69, 9.17) is 14.0 Å². The third kappa shape index (κ3) is 10.00. The Bertz CT molecular complexity index is 337. The van der Waals surface area contributed by atoms with Crippen molar-refractivity contribution in [1.82, 2.24) is 5.32 Å². The number of hydrogen-bond donors (Lipinski definition) is 2. The molecule has 0 aromatic heterocycles. The van der Waals surface area contributed by atoms with E-state index < -0.39 is 32.9 Å². The molecule has 0 aromatic rings. The van der Waals surface area contributed by atoms with Crippen LogP contribution >= 0.6 is 0 Å². The highest BCUT2D eigenvalue weighted by molar-refractivity contribution is 7.25. The van der Waals surface area contributed by atoms with Crippen LogP contribution in [0.2, 0.25) is 51.9 Å². The molecule has 0 saturated carbocycles. The van der Waals surface area contributed by atoms with Crippen molar-refractivity contribution < 1.29 is 12.7 Å². The maximum absolute atomic E-state index is 12.3. The van der Waals surface area contributed by atoms with Gasteiger partial charge in [-0.05, 0) is 64.8 Å². The zero-order valence-corrected chi connectivity index (χ0v) is 18.8. The number of rotatable bonds is 11. The number of hydrogen-bond acceptors (Lipinski definition) is 5. The van der Waals surface area contributed by atoms with Crippen molar-refractivity contribution in [1.29, 1.82) is 0 Å². The van der Waals surface area contributed by atoms with E-state index >= 15 is 0 Å². The summed E-state index contributed by atoms with van der Waals surface area (Å²) in [4.78, 5) is 0. The molecule has 0 radical (unpaired) electrons. The number of nitrogens with two attached hydrogens (primary N) is 1. The van der Waals surface area contributed by atoms with Crippen molar-refractivity contribution in [3.05, 3.63) is 0 Å². The van der Waals surface area contributed by atoms with Gasteiger partial charge in [-0.1, -0.05) is 0 Å². The van der Waals surface area contributed by atoms with Crippen LogP contribution in [-0.4, -0.2) is 52.5 Å². The molecule has 0 aromatic carbocycles. The van der Waals surface area contributed by atoms with Crippen LogP contribution in [0.15, 0.2) is 0 Å². The lowest BCUT2D eigenvalue weighted by atomic mass is 10.5. The molecule has 0 rings (SSSR count).